The van der Waals surface area contributed by atoms with Crippen molar-refractivity contribution in [1.29, 1.82) is 0 Å². The third-order valence-corrected chi connectivity index (χ3v) is 2.59. The fourth-order valence-electron chi connectivity index (χ4n) is 1.49. The summed E-state index contributed by atoms with van der Waals surface area (Å²) in [6.07, 6.45) is 1.86. The van der Waals surface area contributed by atoms with Crippen molar-refractivity contribution in [3.63, 3.8) is 0 Å². The normalized spacial score (nSPS) is 12.0. The van der Waals surface area contributed by atoms with Crippen LogP contribution in [0.15, 0.2) is 18.2 Å². The Morgan fingerprint density at radius 3 is 2.88 bits per heavy atom. The van der Waals surface area contributed by atoms with Crippen molar-refractivity contribution >= 4 is 23.3 Å². The molecule has 0 aromatic heterocycles. The van der Waals surface area contributed by atoms with E-state index in [9.17, 15) is 9.18 Å². The van der Waals surface area contributed by atoms with E-state index in [2.05, 4.69) is 10.6 Å². The fourth-order valence-corrected chi connectivity index (χ4v) is 1.66. The van der Waals surface area contributed by atoms with Crippen molar-refractivity contribution in [1.82, 2.24) is 5.32 Å². The van der Waals surface area contributed by atoms with Crippen LogP contribution in [0.4, 0.5) is 14.9 Å². The third kappa shape index (κ3) is 4.23. The predicted octanol–water partition coefficient (Wildman–Crippen LogP) is 3.79. The molecule has 0 saturated carbocycles. The minimum atomic E-state index is -0.618. The lowest BCUT2D eigenvalue weighted by molar-refractivity contribution is 0.248. The number of amides is 2. The Balaban J connectivity index is 2.59. The van der Waals surface area contributed by atoms with Crippen LogP contribution in [-0.2, 0) is 0 Å². The van der Waals surface area contributed by atoms with Crippen molar-refractivity contribution in [2.45, 2.75) is 32.7 Å². The molecule has 0 heterocycles. The Morgan fingerprint density at radius 1 is 1.53 bits per heavy atom. The van der Waals surface area contributed by atoms with Gasteiger partial charge in [-0.1, -0.05) is 31.0 Å². The van der Waals surface area contributed by atoms with Gasteiger partial charge in [0.1, 0.15) is 0 Å². The van der Waals surface area contributed by atoms with Gasteiger partial charge in [0.15, 0.2) is 5.82 Å². The van der Waals surface area contributed by atoms with E-state index in [0.717, 1.165) is 12.8 Å². The smallest absolute Gasteiger partial charge is 0.319 e. The second kappa shape index (κ2) is 6.45. The second-order valence-electron chi connectivity index (χ2n) is 3.89. The number of benzene rings is 1. The number of halogens is 2. The van der Waals surface area contributed by atoms with Gasteiger partial charge >= 0.3 is 6.03 Å². The molecule has 0 fully saturated rings. The van der Waals surface area contributed by atoms with Crippen molar-refractivity contribution in [2.75, 3.05) is 5.32 Å². The Hall–Kier alpha value is -1.29. The van der Waals surface area contributed by atoms with Gasteiger partial charge in [-0.3, -0.25) is 0 Å². The van der Waals surface area contributed by atoms with Crippen molar-refractivity contribution in [3.8, 4) is 0 Å². The highest BCUT2D eigenvalue weighted by Crippen LogP contribution is 2.21. The summed E-state index contributed by atoms with van der Waals surface area (Å²) >= 11 is 5.61. The maximum atomic E-state index is 13.5. The standard InChI is InChI=1S/C12H16ClFN2O/c1-3-5-8(2)15-12(17)16-10-7-4-6-9(13)11(10)14/h4,6-8H,3,5H2,1-2H3,(H2,15,16,17). The minimum Gasteiger partial charge on any atom is -0.335 e. The highest BCUT2D eigenvalue weighted by Gasteiger charge is 2.10. The van der Waals surface area contributed by atoms with Crippen LogP contribution in [0.5, 0.6) is 0 Å². The van der Waals surface area contributed by atoms with E-state index in [-0.39, 0.29) is 16.8 Å². The van der Waals surface area contributed by atoms with Gasteiger partial charge in [-0.15, -0.1) is 0 Å². The lowest BCUT2D eigenvalue weighted by Gasteiger charge is -2.14. The van der Waals surface area contributed by atoms with E-state index < -0.39 is 11.8 Å². The fraction of sp³-hybridized carbons (Fsp3) is 0.417. The van der Waals surface area contributed by atoms with Crippen molar-refractivity contribution in [3.05, 3.63) is 29.0 Å². The number of carbonyl (C=O) groups is 1. The molecule has 1 atom stereocenters. The number of rotatable bonds is 4. The van der Waals surface area contributed by atoms with Crippen LogP contribution in [-0.4, -0.2) is 12.1 Å². The second-order valence-corrected chi connectivity index (χ2v) is 4.30. The van der Waals surface area contributed by atoms with Gasteiger partial charge in [-0.05, 0) is 25.5 Å². The largest absolute Gasteiger partial charge is 0.335 e. The van der Waals surface area contributed by atoms with Crippen LogP contribution >= 0.6 is 11.6 Å². The van der Waals surface area contributed by atoms with Crippen LogP contribution in [0.1, 0.15) is 26.7 Å². The zero-order valence-electron chi connectivity index (χ0n) is 9.89. The highest BCUT2D eigenvalue weighted by molar-refractivity contribution is 6.31. The molecule has 2 amide bonds. The number of carbonyl (C=O) groups excluding carboxylic acids is 1. The van der Waals surface area contributed by atoms with Gasteiger partial charge in [-0.25, -0.2) is 9.18 Å². The van der Waals surface area contributed by atoms with E-state index in [0.29, 0.717) is 0 Å². The summed E-state index contributed by atoms with van der Waals surface area (Å²) in [5.41, 5.74) is 0.0821. The molecule has 1 unspecified atom stereocenters. The number of hydrogen-bond acceptors (Lipinski definition) is 1. The summed E-state index contributed by atoms with van der Waals surface area (Å²) in [6.45, 7) is 3.93. The van der Waals surface area contributed by atoms with Crippen molar-refractivity contribution < 1.29 is 9.18 Å². The molecule has 0 spiro atoms. The lowest BCUT2D eigenvalue weighted by atomic mass is 10.2. The summed E-state index contributed by atoms with van der Waals surface area (Å²) in [7, 11) is 0. The van der Waals surface area contributed by atoms with Gasteiger partial charge in [0.25, 0.3) is 0 Å². The maximum Gasteiger partial charge on any atom is 0.319 e. The molecule has 2 N–H and O–H groups in total. The molecule has 0 aliphatic heterocycles. The van der Waals surface area contributed by atoms with E-state index in [4.69, 9.17) is 11.6 Å². The monoisotopic (exact) mass is 258 g/mol. The Bertz CT molecular complexity index is 398. The van der Waals surface area contributed by atoms with Gasteiger partial charge in [0.2, 0.25) is 0 Å². The van der Waals surface area contributed by atoms with Crippen molar-refractivity contribution in [2.24, 2.45) is 0 Å². The molecule has 0 bridgehead atoms. The maximum absolute atomic E-state index is 13.5. The average molecular weight is 259 g/mol. The van der Waals surface area contributed by atoms with Gasteiger partial charge < -0.3 is 10.6 Å². The summed E-state index contributed by atoms with van der Waals surface area (Å²) in [4.78, 5) is 11.5. The van der Waals surface area contributed by atoms with E-state index >= 15 is 0 Å². The van der Waals surface area contributed by atoms with Gasteiger partial charge in [0.05, 0.1) is 10.7 Å². The SMILES string of the molecule is CCCC(C)NC(=O)Nc1cccc(Cl)c1F. The summed E-state index contributed by atoms with van der Waals surface area (Å²) in [6, 6.07) is 4.11. The first-order valence-corrected chi connectivity index (χ1v) is 5.94. The van der Waals surface area contributed by atoms with Crippen LogP contribution in [0, 0.1) is 5.82 Å². The average Bonchev–Trinajstić information content (AvgIpc) is 2.25. The van der Waals surface area contributed by atoms with Crippen LogP contribution in [0.2, 0.25) is 5.02 Å². The lowest BCUT2D eigenvalue weighted by Crippen LogP contribution is -2.36. The molecule has 0 saturated heterocycles. The molecule has 0 aliphatic rings. The quantitative estimate of drug-likeness (QED) is 0.848. The molecule has 1 rings (SSSR count). The first-order valence-electron chi connectivity index (χ1n) is 5.56. The number of anilines is 1. The third-order valence-electron chi connectivity index (χ3n) is 2.30. The van der Waals surface area contributed by atoms with Crippen LogP contribution < -0.4 is 10.6 Å². The number of nitrogens with one attached hydrogen (secondary N) is 2. The molecule has 0 aliphatic carbocycles. The molecular formula is C12H16ClFN2O. The first-order chi connectivity index (χ1) is 8.04. The predicted molar refractivity (Wildman–Crippen MR) is 67.9 cm³/mol. The summed E-state index contributed by atoms with van der Waals surface area (Å²) < 4.78 is 13.5. The molecule has 5 heteroatoms. The molecule has 3 nitrogen and oxygen atoms in total. The molecule has 17 heavy (non-hydrogen) atoms. The Morgan fingerprint density at radius 2 is 2.24 bits per heavy atom. The van der Waals surface area contributed by atoms with E-state index in [1.807, 2.05) is 13.8 Å². The first kappa shape index (κ1) is 13.8. The molecule has 1 aromatic rings. The summed E-state index contributed by atoms with van der Waals surface area (Å²) in [5.74, 6) is -0.618. The molecular weight excluding hydrogens is 243 g/mol. The molecule has 1 aromatic carbocycles. The Kier molecular flexibility index (Phi) is 5.22. The highest BCUT2D eigenvalue weighted by atomic mass is 35.5. The summed E-state index contributed by atoms with van der Waals surface area (Å²) in [5, 5.41) is 5.14. The zero-order chi connectivity index (χ0) is 12.8. The number of hydrogen-bond donors (Lipinski definition) is 2. The van der Waals surface area contributed by atoms with Crippen LogP contribution in [0.3, 0.4) is 0 Å². The molecule has 0 radical (unpaired) electrons. The van der Waals surface area contributed by atoms with Gasteiger partial charge in [0, 0.05) is 6.04 Å². The Labute approximate surface area is 105 Å². The topological polar surface area (TPSA) is 41.1 Å². The zero-order valence-corrected chi connectivity index (χ0v) is 10.6. The van der Waals surface area contributed by atoms with Gasteiger partial charge in [-0.2, -0.15) is 0 Å². The minimum absolute atomic E-state index is 0.00981. The molecule has 94 valence electrons. The van der Waals surface area contributed by atoms with E-state index in [1.54, 1.807) is 6.07 Å². The van der Waals surface area contributed by atoms with Crippen LogP contribution in [0.25, 0.3) is 0 Å². The number of urea groups is 1. The van der Waals surface area contributed by atoms with E-state index in [1.165, 1.54) is 12.1 Å².